The van der Waals surface area contributed by atoms with Gasteiger partial charge in [-0.25, -0.2) is 18.9 Å². The fraction of sp³-hybridized carbons (Fsp3) is 0.530. The summed E-state index contributed by atoms with van der Waals surface area (Å²) in [5.41, 5.74) is 14.9. The van der Waals surface area contributed by atoms with E-state index in [1.807, 2.05) is 13.8 Å². The van der Waals surface area contributed by atoms with Crippen LogP contribution in [0.15, 0.2) is 48.8 Å². The normalized spacial score (nSPS) is 21.3. The summed E-state index contributed by atoms with van der Waals surface area (Å²) in [7, 11) is -1.95. The number of rotatable bonds is 30. The van der Waals surface area contributed by atoms with Crippen molar-refractivity contribution in [2.75, 3.05) is 80.2 Å². The van der Waals surface area contributed by atoms with Gasteiger partial charge in [-0.05, 0) is 118 Å². The van der Waals surface area contributed by atoms with Crippen LogP contribution in [0.1, 0.15) is 125 Å². The zero-order valence-electron chi connectivity index (χ0n) is 54.4. The Morgan fingerprint density at radius 3 is 1.81 bits per heavy atom. The molecule has 512 valence electrons. The third-order valence-electron chi connectivity index (χ3n) is 20.0. The van der Waals surface area contributed by atoms with Gasteiger partial charge in [0, 0.05) is 141 Å². The van der Waals surface area contributed by atoms with E-state index in [-0.39, 0.29) is 123 Å². The summed E-state index contributed by atoms with van der Waals surface area (Å²) in [6, 6.07) is 8.06. The van der Waals surface area contributed by atoms with Gasteiger partial charge in [0.25, 0.3) is 0 Å². The molecule has 8 amide bonds. The molecule has 0 bridgehead atoms. The number of nitrogens with one attached hydrogen (secondary N) is 5. The topological polar surface area (TPSA) is 372 Å². The first-order valence-electron chi connectivity index (χ1n) is 32.1. The number of halogens is 2. The predicted octanol–water partition coefficient (Wildman–Crippen LogP) is 8.47. The number of aromatic nitrogens is 2. The number of phosphoric acid groups is 1. The highest BCUT2D eigenvalue weighted by Crippen LogP contribution is 3.01. The molecule has 2 aliphatic heterocycles. The van der Waals surface area contributed by atoms with Crippen LogP contribution in [0.2, 0.25) is 0 Å². The van der Waals surface area contributed by atoms with Gasteiger partial charge in [-0.15, -0.1) is 23.2 Å². The molecule has 11 N–H and O–H groups in total. The van der Waals surface area contributed by atoms with Gasteiger partial charge in [0.05, 0.1) is 39.3 Å². The highest BCUT2D eigenvalue weighted by Gasteiger charge is 3.01. The number of aromatic amines is 2. The fourth-order valence-corrected chi connectivity index (χ4v) is 15.9. The molecule has 10 rings (SSSR count). The molecule has 3 unspecified atom stereocenters. The van der Waals surface area contributed by atoms with E-state index in [0.29, 0.717) is 90.5 Å². The molecule has 1 spiro atoms. The number of alkyl halides is 2. The van der Waals surface area contributed by atoms with Crippen LogP contribution >= 0.6 is 31.0 Å². The Labute approximate surface area is 559 Å². The molecular weight excluding hydrogens is 1290 g/mol. The lowest BCUT2D eigenvalue weighted by molar-refractivity contribution is -0.134. The Morgan fingerprint density at radius 2 is 1.29 bits per heavy atom. The first-order valence-corrected chi connectivity index (χ1v) is 34.7. The van der Waals surface area contributed by atoms with Crippen molar-refractivity contribution in [1.29, 1.82) is 0 Å². The van der Waals surface area contributed by atoms with E-state index in [4.69, 9.17) is 48.7 Å². The van der Waals surface area contributed by atoms with Crippen LogP contribution in [0.5, 0.6) is 11.5 Å². The molecule has 2 aromatic heterocycles. The van der Waals surface area contributed by atoms with Crippen LogP contribution in [-0.4, -0.2) is 154 Å². The number of carbonyl (C=O) groups excluding carboxylic acids is 9. The first-order chi connectivity index (χ1) is 45.0. The Balaban J connectivity index is 0.739. The molecule has 8 atom stereocenters. The molecule has 5 aliphatic rings. The van der Waals surface area contributed by atoms with E-state index in [2.05, 4.69) is 25.9 Å². The third kappa shape index (κ3) is 13.7. The summed E-state index contributed by atoms with van der Waals surface area (Å²) in [6.07, 6.45) is 5.47. The number of fused-ring (bicyclic) bond motifs is 6. The second-order valence-electron chi connectivity index (χ2n) is 26.8. The van der Waals surface area contributed by atoms with Crippen LogP contribution in [0, 0.1) is 47.8 Å². The predicted molar refractivity (Wildman–Crippen MR) is 356 cm³/mol. The molecule has 26 nitrogen and oxygen atoms in total. The standard InChI is InChI=1S/C66H84Cl2N11O15P/c1-35(2)54(75-58(83)40(21-38(5)80)11-8-9-17-69)47(81)22-41(12-10-18-71-61(70)86)57(82)74-44-15-13-39(14-16-44)31-92-62(87)76(6)19-20-77(7)63(88)93-48-23-45-52(50-36(3)27-72-55(48)50)42(25-67)29-78(45)59(84)64-32-65(34-66(64,65)33-64)60(85)79-30-43(26-68)53-46(79)24-49(94-95(89,90)91)56-51(53)37(4)28-73-56/h13-16,23-24,27-28,35,40-43,54,72-73H,8-12,17-22,25-26,29-34,69H2,1-7H3,(H,74,82)(H,75,83)(H3,70,71,86)(H2,89,90,91)/t40-,41-,42-,43-,54+,64?,65?,66?/m1/s1. The van der Waals surface area contributed by atoms with Gasteiger partial charge in [0.1, 0.15) is 12.4 Å². The Morgan fingerprint density at radius 1 is 0.758 bits per heavy atom. The van der Waals surface area contributed by atoms with Gasteiger partial charge in [-0.3, -0.25) is 33.8 Å². The minimum absolute atomic E-state index is 0.0234. The summed E-state index contributed by atoms with van der Waals surface area (Å²) in [5, 5.41) is 9.66. The van der Waals surface area contributed by atoms with E-state index in [0.717, 1.165) is 27.6 Å². The maximum Gasteiger partial charge on any atom is 0.524 e. The number of unbranched alkanes of at least 4 members (excludes halogenated alkanes) is 1. The number of ether oxygens (including phenoxy) is 2. The van der Waals surface area contributed by atoms with Crippen LogP contribution in [-0.2, 0) is 44.7 Å². The highest BCUT2D eigenvalue weighted by atomic mass is 35.5. The number of amides is 8. The Bertz CT molecular complexity index is 3930. The van der Waals surface area contributed by atoms with Crippen molar-refractivity contribution in [2.45, 2.75) is 123 Å². The average molecular weight is 1370 g/mol. The summed E-state index contributed by atoms with van der Waals surface area (Å²) in [4.78, 5) is 154. The van der Waals surface area contributed by atoms with Gasteiger partial charge in [0.2, 0.25) is 23.6 Å². The molecule has 95 heavy (non-hydrogen) atoms. The van der Waals surface area contributed by atoms with E-state index in [1.54, 1.807) is 66.4 Å². The van der Waals surface area contributed by atoms with Gasteiger partial charge in [-0.1, -0.05) is 32.4 Å². The minimum atomic E-state index is -4.99. The summed E-state index contributed by atoms with van der Waals surface area (Å²) in [5.74, 6) is -3.62. The monoisotopic (exact) mass is 1370 g/mol. The smallest absolute Gasteiger partial charge is 0.445 e. The maximum absolute atomic E-state index is 15.2. The van der Waals surface area contributed by atoms with E-state index in [1.165, 1.54) is 36.9 Å². The van der Waals surface area contributed by atoms with Gasteiger partial charge >= 0.3 is 26.0 Å². The Hall–Kier alpha value is -7.74. The molecule has 3 aliphatic carbocycles. The highest BCUT2D eigenvalue weighted by molar-refractivity contribution is 7.46. The number of Topliss-reactive ketones (excluding diaryl/α,β-unsaturated/α-hetero) is 2. The van der Waals surface area contributed by atoms with Crippen molar-refractivity contribution in [3.05, 3.63) is 76.6 Å². The number of nitrogens with two attached hydrogens (primary N) is 2. The number of likely N-dealkylation sites (N-methyl/N-ethyl adjacent to an activating group) is 2. The second-order valence-corrected chi connectivity index (χ2v) is 28.6. The van der Waals surface area contributed by atoms with Crippen LogP contribution in [0.3, 0.4) is 0 Å². The maximum atomic E-state index is 15.2. The fourth-order valence-electron chi connectivity index (χ4n) is 15.0. The van der Waals surface area contributed by atoms with E-state index >= 15 is 4.79 Å². The molecule has 3 fully saturated rings. The molecule has 4 heterocycles. The van der Waals surface area contributed by atoms with E-state index in [9.17, 15) is 52.7 Å². The zero-order chi connectivity index (χ0) is 68.8. The van der Waals surface area contributed by atoms with Gasteiger partial charge in [0.15, 0.2) is 17.3 Å². The largest absolute Gasteiger partial charge is 0.524 e. The third-order valence-corrected chi connectivity index (χ3v) is 21.2. The van der Waals surface area contributed by atoms with Gasteiger partial charge in [-0.2, -0.15) is 0 Å². The lowest BCUT2D eigenvalue weighted by Gasteiger charge is -2.37. The second kappa shape index (κ2) is 27.8. The Kier molecular flexibility index (Phi) is 20.5. The summed E-state index contributed by atoms with van der Waals surface area (Å²) >= 11 is 13.3. The lowest BCUT2D eigenvalue weighted by Crippen LogP contribution is -2.49. The number of ketones is 2. The SMILES string of the molecule is CC(=O)C[C@@H](CCCCN)C(=O)N[C@H](C(=O)C[C@@H](CCCNC(N)=O)C(=O)Nc1ccc(COC(=O)N(C)CCN(C)C(=O)Oc2cc3c(c4c(C)c[nH]c24)[C@H](CCl)CN3C(=O)C23CC4(C(=O)N5C[C@@H](CCl)c6c5cc(OP(=O)(O)O)c5[nH]cc(C)c65)CC24C3)cc1)C(C)C. The van der Waals surface area contributed by atoms with E-state index < -0.39 is 72.0 Å². The van der Waals surface area contributed by atoms with Crippen LogP contribution < -0.4 is 46.5 Å². The minimum Gasteiger partial charge on any atom is -0.445 e. The molecule has 3 saturated carbocycles. The average Bonchev–Trinajstić information content (AvgIpc) is 1.40. The van der Waals surface area contributed by atoms with Crippen molar-refractivity contribution >= 4 is 123 Å². The number of hydrogen-bond acceptors (Lipinski definition) is 14. The van der Waals surface area contributed by atoms with Crippen molar-refractivity contribution < 1.29 is 71.5 Å². The number of H-pyrrole nitrogens is 2. The number of primary amides is 1. The van der Waals surface area contributed by atoms with Crippen molar-refractivity contribution in [3.63, 3.8) is 0 Å². The lowest BCUT2D eigenvalue weighted by atomic mass is 9.72. The van der Waals surface area contributed by atoms with Crippen molar-refractivity contribution in [2.24, 2.45) is 45.5 Å². The molecular formula is C66H84Cl2N11O15P. The van der Waals surface area contributed by atoms with Crippen molar-refractivity contribution in [3.8, 4) is 11.5 Å². The molecule has 0 radical (unpaired) electrons. The van der Waals surface area contributed by atoms with Crippen LogP contribution in [0.25, 0.3) is 21.8 Å². The quantitative estimate of drug-likeness (QED) is 0.0118. The molecule has 0 saturated heterocycles. The first kappa shape index (κ1) is 70.1. The number of hydrogen-bond donors (Lipinski definition) is 9. The molecule has 5 aromatic rings. The summed E-state index contributed by atoms with van der Waals surface area (Å²) in [6.45, 7) is 9.81. The number of phosphoric ester groups is 1. The van der Waals surface area contributed by atoms with Gasteiger partial charge < -0.3 is 75.8 Å². The molecule has 29 heteroatoms. The molecule has 3 aromatic carbocycles. The number of urea groups is 1. The van der Waals surface area contributed by atoms with Crippen molar-refractivity contribution in [1.82, 2.24) is 30.4 Å². The number of carbonyl (C=O) groups is 9. The number of anilines is 3. The number of aryl methyl sites for hydroxylation is 2. The number of nitrogens with zero attached hydrogens (tertiary/aromatic N) is 4. The zero-order valence-corrected chi connectivity index (χ0v) is 56.8. The van der Waals surface area contributed by atoms with Crippen LogP contribution in [0.4, 0.5) is 31.4 Å². The summed E-state index contributed by atoms with van der Waals surface area (Å²) < 4.78 is 29.0. The number of benzene rings is 3.